The van der Waals surface area contributed by atoms with Gasteiger partial charge >= 0.3 is 0 Å². The summed E-state index contributed by atoms with van der Waals surface area (Å²) in [5, 5.41) is 12.4. The highest BCUT2D eigenvalue weighted by Crippen LogP contribution is 2.30. The van der Waals surface area contributed by atoms with E-state index in [1.807, 2.05) is 12.1 Å². The van der Waals surface area contributed by atoms with Crippen LogP contribution in [-0.2, 0) is 0 Å². The zero-order chi connectivity index (χ0) is 13.0. The fourth-order valence-electron chi connectivity index (χ4n) is 2.50. The SMILES string of the molecule is COc1cc(C#N)ccc1NC1CCC(C)CC1. The molecule has 0 aliphatic heterocycles. The summed E-state index contributed by atoms with van der Waals surface area (Å²) >= 11 is 0. The highest BCUT2D eigenvalue weighted by Gasteiger charge is 2.19. The average molecular weight is 244 g/mol. The third-order valence-electron chi connectivity index (χ3n) is 3.71. The standard InChI is InChI=1S/C15H20N2O/c1-11-3-6-13(7-4-11)17-14-8-5-12(10-16)9-15(14)18-2/h5,8-9,11,13,17H,3-4,6-7H2,1-2H3. The van der Waals surface area contributed by atoms with Gasteiger partial charge in [0.15, 0.2) is 0 Å². The quantitative estimate of drug-likeness (QED) is 0.884. The second-order valence-corrected chi connectivity index (χ2v) is 5.13. The van der Waals surface area contributed by atoms with Crippen LogP contribution in [0.3, 0.4) is 0 Å². The summed E-state index contributed by atoms with van der Waals surface area (Å²) in [6, 6.07) is 8.22. The van der Waals surface area contributed by atoms with Gasteiger partial charge in [0, 0.05) is 12.1 Å². The van der Waals surface area contributed by atoms with Crippen LogP contribution < -0.4 is 10.1 Å². The Labute approximate surface area is 109 Å². The van der Waals surface area contributed by atoms with E-state index in [-0.39, 0.29) is 0 Å². The van der Waals surface area contributed by atoms with Gasteiger partial charge in [-0.1, -0.05) is 6.92 Å². The Morgan fingerprint density at radius 2 is 2.00 bits per heavy atom. The van der Waals surface area contributed by atoms with E-state index in [0.717, 1.165) is 17.4 Å². The van der Waals surface area contributed by atoms with Crippen LogP contribution in [0.5, 0.6) is 5.75 Å². The molecule has 0 aromatic heterocycles. The van der Waals surface area contributed by atoms with Crippen LogP contribution in [0.15, 0.2) is 18.2 Å². The summed E-state index contributed by atoms with van der Waals surface area (Å²) in [7, 11) is 1.64. The highest BCUT2D eigenvalue weighted by molar-refractivity contribution is 5.59. The third-order valence-corrected chi connectivity index (χ3v) is 3.71. The molecule has 18 heavy (non-hydrogen) atoms. The molecule has 1 N–H and O–H groups in total. The molecule has 0 radical (unpaired) electrons. The molecule has 0 amide bonds. The van der Waals surface area contributed by atoms with Gasteiger partial charge in [-0.25, -0.2) is 0 Å². The van der Waals surface area contributed by atoms with Crippen LogP contribution >= 0.6 is 0 Å². The topological polar surface area (TPSA) is 45.0 Å². The van der Waals surface area contributed by atoms with Gasteiger partial charge in [-0.05, 0) is 43.7 Å². The molecule has 0 saturated heterocycles. The number of methoxy groups -OCH3 is 1. The van der Waals surface area contributed by atoms with Crippen molar-refractivity contribution >= 4 is 5.69 Å². The van der Waals surface area contributed by atoms with E-state index >= 15 is 0 Å². The molecule has 3 heteroatoms. The second kappa shape index (κ2) is 5.77. The molecule has 0 atom stereocenters. The van der Waals surface area contributed by atoms with Crippen molar-refractivity contribution in [2.45, 2.75) is 38.6 Å². The molecular weight excluding hydrogens is 224 g/mol. The van der Waals surface area contributed by atoms with Crippen LogP contribution in [0.4, 0.5) is 5.69 Å². The van der Waals surface area contributed by atoms with E-state index in [4.69, 9.17) is 10.00 Å². The lowest BCUT2D eigenvalue weighted by Crippen LogP contribution is -2.25. The smallest absolute Gasteiger partial charge is 0.143 e. The van der Waals surface area contributed by atoms with Gasteiger partial charge in [0.1, 0.15) is 5.75 Å². The average Bonchev–Trinajstić information content (AvgIpc) is 2.41. The van der Waals surface area contributed by atoms with E-state index in [2.05, 4.69) is 18.3 Å². The zero-order valence-electron chi connectivity index (χ0n) is 11.1. The summed E-state index contributed by atoms with van der Waals surface area (Å²) in [6.45, 7) is 2.32. The molecule has 1 aliphatic carbocycles. The van der Waals surface area contributed by atoms with Crippen LogP contribution in [-0.4, -0.2) is 13.2 Å². The minimum atomic E-state index is 0.531. The molecule has 1 saturated carbocycles. The van der Waals surface area contributed by atoms with Crippen molar-refractivity contribution in [2.75, 3.05) is 12.4 Å². The predicted molar refractivity (Wildman–Crippen MR) is 72.8 cm³/mol. The van der Waals surface area contributed by atoms with Gasteiger partial charge in [-0.15, -0.1) is 0 Å². The first kappa shape index (κ1) is 12.8. The van der Waals surface area contributed by atoms with Gasteiger partial charge in [0.05, 0.1) is 24.4 Å². The molecule has 0 heterocycles. The summed E-state index contributed by atoms with van der Waals surface area (Å²) in [5.74, 6) is 1.61. The number of rotatable bonds is 3. The first-order valence-electron chi connectivity index (χ1n) is 6.57. The number of ether oxygens (including phenoxy) is 1. The monoisotopic (exact) mass is 244 g/mol. The van der Waals surface area contributed by atoms with Gasteiger partial charge < -0.3 is 10.1 Å². The van der Waals surface area contributed by atoms with E-state index in [1.165, 1.54) is 25.7 Å². The van der Waals surface area contributed by atoms with Crippen LogP contribution in [0.25, 0.3) is 0 Å². The molecule has 1 aromatic carbocycles. The molecule has 1 aromatic rings. The number of nitriles is 1. The van der Waals surface area contributed by atoms with Crippen molar-refractivity contribution < 1.29 is 4.74 Å². The summed E-state index contributed by atoms with van der Waals surface area (Å²) < 4.78 is 5.34. The van der Waals surface area contributed by atoms with E-state index in [0.29, 0.717) is 11.6 Å². The normalized spacial score (nSPS) is 23.2. The Hall–Kier alpha value is -1.69. The minimum Gasteiger partial charge on any atom is -0.495 e. The van der Waals surface area contributed by atoms with Crippen LogP contribution in [0.1, 0.15) is 38.2 Å². The molecule has 1 fully saturated rings. The van der Waals surface area contributed by atoms with Crippen molar-refractivity contribution in [1.29, 1.82) is 5.26 Å². The first-order chi connectivity index (χ1) is 8.72. The molecule has 0 unspecified atom stereocenters. The molecule has 96 valence electrons. The fraction of sp³-hybridized carbons (Fsp3) is 0.533. The first-order valence-corrected chi connectivity index (χ1v) is 6.57. The van der Waals surface area contributed by atoms with Crippen LogP contribution in [0, 0.1) is 17.2 Å². The number of nitrogens with one attached hydrogen (secondary N) is 1. The largest absolute Gasteiger partial charge is 0.495 e. The summed E-state index contributed by atoms with van der Waals surface area (Å²) in [6.07, 6.45) is 5.00. The minimum absolute atomic E-state index is 0.531. The van der Waals surface area contributed by atoms with Gasteiger partial charge in [-0.3, -0.25) is 0 Å². The van der Waals surface area contributed by atoms with Crippen molar-refractivity contribution in [2.24, 2.45) is 5.92 Å². The molecule has 1 aliphatic rings. The fourth-order valence-corrected chi connectivity index (χ4v) is 2.50. The van der Waals surface area contributed by atoms with Gasteiger partial charge in [0.2, 0.25) is 0 Å². The van der Waals surface area contributed by atoms with Crippen molar-refractivity contribution in [1.82, 2.24) is 0 Å². The lowest BCUT2D eigenvalue weighted by molar-refractivity contribution is 0.359. The van der Waals surface area contributed by atoms with Gasteiger partial charge in [0.25, 0.3) is 0 Å². The Kier molecular flexibility index (Phi) is 4.09. The Morgan fingerprint density at radius 3 is 2.61 bits per heavy atom. The lowest BCUT2D eigenvalue weighted by Gasteiger charge is -2.28. The summed E-state index contributed by atoms with van der Waals surface area (Å²) in [4.78, 5) is 0. The maximum absolute atomic E-state index is 8.87. The Morgan fingerprint density at radius 1 is 1.28 bits per heavy atom. The molecular formula is C15H20N2O. The van der Waals surface area contributed by atoms with E-state index < -0.39 is 0 Å². The highest BCUT2D eigenvalue weighted by atomic mass is 16.5. The van der Waals surface area contributed by atoms with Crippen molar-refractivity contribution in [3.05, 3.63) is 23.8 Å². The number of hydrogen-bond acceptors (Lipinski definition) is 3. The number of anilines is 1. The number of nitrogens with zero attached hydrogens (tertiary/aromatic N) is 1. The van der Waals surface area contributed by atoms with Gasteiger partial charge in [-0.2, -0.15) is 5.26 Å². The summed E-state index contributed by atoms with van der Waals surface area (Å²) in [5.41, 5.74) is 1.63. The molecule has 2 rings (SSSR count). The maximum atomic E-state index is 8.87. The Bertz CT molecular complexity index is 442. The lowest BCUT2D eigenvalue weighted by atomic mass is 9.87. The van der Waals surface area contributed by atoms with E-state index in [9.17, 15) is 0 Å². The third kappa shape index (κ3) is 2.95. The molecule has 0 bridgehead atoms. The zero-order valence-corrected chi connectivity index (χ0v) is 11.1. The van der Waals surface area contributed by atoms with Crippen molar-refractivity contribution in [3.63, 3.8) is 0 Å². The van der Waals surface area contributed by atoms with Crippen LogP contribution in [0.2, 0.25) is 0 Å². The molecule has 3 nitrogen and oxygen atoms in total. The predicted octanol–water partition coefficient (Wildman–Crippen LogP) is 3.56. The Balaban J connectivity index is 2.07. The van der Waals surface area contributed by atoms with E-state index in [1.54, 1.807) is 13.2 Å². The number of hydrogen-bond donors (Lipinski definition) is 1. The van der Waals surface area contributed by atoms with Crippen molar-refractivity contribution in [3.8, 4) is 11.8 Å². The second-order valence-electron chi connectivity index (χ2n) is 5.13. The maximum Gasteiger partial charge on any atom is 0.143 e. The number of benzene rings is 1. The molecule has 0 spiro atoms.